The van der Waals surface area contributed by atoms with Crippen molar-refractivity contribution in [3.05, 3.63) is 0 Å². The zero-order valence-corrected chi connectivity index (χ0v) is 9.88. The van der Waals surface area contributed by atoms with E-state index >= 15 is 0 Å². The molecule has 0 spiro atoms. The van der Waals surface area contributed by atoms with Crippen molar-refractivity contribution in [2.24, 2.45) is 0 Å². The summed E-state index contributed by atoms with van der Waals surface area (Å²) >= 11 is 0. The van der Waals surface area contributed by atoms with Gasteiger partial charge in [0.2, 0.25) is 0 Å². The molecule has 0 radical (unpaired) electrons. The number of carbonyl (C=O) groups is 3. The first-order valence-electron chi connectivity index (χ1n) is 3.17. The molecule has 0 saturated heterocycles. The van der Waals surface area contributed by atoms with E-state index in [1.165, 1.54) is 0 Å². The minimum absolute atomic E-state index is 0. The number of hydrogen-bond acceptors (Lipinski definition) is 5. The predicted molar refractivity (Wildman–Crippen MR) is 39.0 cm³/mol. The Morgan fingerprint density at radius 1 is 0.933 bits per heavy atom. The van der Waals surface area contributed by atoms with Crippen LogP contribution in [0.15, 0.2) is 0 Å². The zero-order chi connectivity index (χ0) is 10.6. The molecule has 0 aromatic carbocycles. The van der Waals surface area contributed by atoms with Crippen molar-refractivity contribution < 1.29 is 69.8 Å². The third-order valence-corrected chi connectivity index (χ3v) is 1.29. The van der Waals surface area contributed by atoms with Crippen LogP contribution in [0.2, 0.25) is 0 Å². The number of carboxylic acid groups (broad SMARTS) is 3. The summed E-state index contributed by atoms with van der Waals surface area (Å²) in [6.45, 7) is 0. The topological polar surface area (TPSA) is 162 Å². The SMILES string of the molecule is O=C(O)CC(O)(CC(=O)O)C(=O)O.[Na+].[OH-]. The second-order valence-corrected chi connectivity index (χ2v) is 2.48. The maximum Gasteiger partial charge on any atom is 1.00 e. The average molecular weight is 232 g/mol. The smallest absolute Gasteiger partial charge is 0.870 e. The largest absolute Gasteiger partial charge is 1.00 e. The normalized spacial score (nSPS) is 9.40. The average Bonchev–Trinajstić information content (AvgIpc) is 1.82. The van der Waals surface area contributed by atoms with Gasteiger partial charge in [-0.1, -0.05) is 0 Å². The summed E-state index contributed by atoms with van der Waals surface area (Å²) in [5.74, 6) is -5.02. The Labute approximate surface area is 106 Å². The molecule has 0 aliphatic rings. The molecule has 0 aliphatic carbocycles. The summed E-state index contributed by atoms with van der Waals surface area (Å²) in [4.78, 5) is 30.5. The van der Waals surface area contributed by atoms with Gasteiger partial charge in [-0.2, -0.15) is 0 Å². The summed E-state index contributed by atoms with van der Waals surface area (Å²) in [5, 5.41) is 33.8. The maximum absolute atomic E-state index is 10.3. The van der Waals surface area contributed by atoms with Crippen LogP contribution in [0.3, 0.4) is 0 Å². The number of hydrogen-bond donors (Lipinski definition) is 4. The van der Waals surface area contributed by atoms with E-state index in [0.717, 1.165) is 0 Å². The molecule has 0 unspecified atom stereocenters. The molecule has 9 heteroatoms. The van der Waals surface area contributed by atoms with Crippen LogP contribution in [-0.4, -0.2) is 49.4 Å². The fourth-order valence-corrected chi connectivity index (χ4v) is 0.714. The second-order valence-electron chi connectivity index (χ2n) is 2.48. The quantitative estimate of drug-likeness (QED) is 0.345. The molecule has 8 nitrogen and oxygen atoms in total. The summed E-state index contributed by atoms with van der Waals surface area (Å²) in [7, 11) is 0. The molecule has 5 N–H and O–H groups in total. The van der Waals surface area contributed by atoms with Crippen molar-refractivity contribution in [2.45, 2.75) is 18.4 Å². The van der Waals surface area contributed by atoms with Crippen molar-refractivity contribution in [1.82, 2.24) is 0 Å². The van der Waals surface area contributed by atoms with E-state index in [4.69, 9.17) is 20.4 Å². The van der Waals surface area contributed by atoms with E-state index in [1.54, 1.807) is 0 Å². The minimum atomic E-state index is -2.74. The van der Waals surface area contributed by atoms with Crippen LogP contribution in [-0.2, 0) is 14.4 Å². The Hall–Kier alpha value is -0.670. The van der Waals surface area contributed by atoms with Crippen LogP contribution in [0.1, 0.15) is 12.8 Å². The predicted octanol–water partition coefficient (Wildman–Crippen LogP) is -4.42. The van der Waals surface area contributed by atoms with Gasteiger partial charge in [0.15, 0.2) is 5.60 Å². The van der Waals surface area contributed by atoms with Gasteiger partial charge >= 0.3 is 47.5 Å². The van der Waals surface area contributed by atoms with Crippen LogP contribution < -0.4 is 29.6 Å². The summed E-state index contributed by atoms with van der Waals surface area (Å²) in [5.41, 5.74) is -2.74. The van der Waals surface area contributed by atoms with Crippen LogP contribution in [0, 0.1) is 0 Å². The Morgan fingerprint density at radius 2 is 1.20 bits per heavy atom. The Kier molecular flexibility index (Phi) is 10.0. The van der Waals surface area contributed by atoms with Gasteiger partial charge < -0.3 is 25.9 Å². The molecule has 82 valence electrons. The fraction of sp³-hybridized carbons (Fsp3) is 0.500. The molecule has 0 bridgehead atoms. The molecule has 0 atom stereocenters. The molecule has 15 heavy (non-hydrogen) atoms. The van der Waals surface area contributed by atoms with Crippen molar-refractivity contribution >= 4 is 17.9 Å². The van der Waals surface area contributed by atoms with Crippen molar-refractivity contribution in [2.75, 3.05) is 0 Å². The van der Waals surface area contributed by atoms with E-state index in [0.29, 0.717) is 0 Å². The maximum atomic E-state index is 10.3. The third-order valence-electron chi connectivity index (χ3n) is 1.29. The summed E-state index contributed by atoms with van der Waals surface area (Å²) in [6.07, 6.45) is -2.29. The molecule has 0 aromatic heterocycles. The van der Waals surface area contributed by atoms with Gasteiger partial charge in [-0.25, -0.2) is 4.79 Å². The summed E-state index contributed by atoms with van der Waals surface area (Å²) in [6, 6.07) is 0. The third kappa shape index (κ3) is 7.28. The first kappa shape index (κ1) is 19.8. The number of aliphatic hydroxyl groups is 1. The van der Waals surface area contributed by atoms with Crippen molar-refractivity contribution in [3.8, 4) is 0 Å². The van der Waals surface area contributed by atoms with Gasteiger partial charge in [-0.05, 0) is 0 Å². The Balaban J connectivity index is -0.000000720. The molecule has 0 fully saturated rings. The first-order chi connectivity index (χ1) is 5.78. The van der Waals surface area contributed by atoms with Gasteiger partial charge in [0.25, 0.3) is 0 Å². The fourth-order valence-electron chi connectivity index (χ4n) is 0.714. The van der Waals surface area contributed by atoms with E-state index in [1.807, 2.05) is 0 Å². The van der Waals surface area contributed by atoms with Crippen LogP contribution in [0.4, 0.5) is 0 Å². The van der Waals surface area contributed by atoms with E-state index in [-0.39, 0.29) is 35.0 Å². The molecule has 0 saturated carbocycles. The minimum Gasteiger partial charge on any atom is -0.870 e. The molecule has 0 aliphatic heterocycles. The van der Waals surface area contributed by atoms with Gasteiger partial charge in [0.1, 0.15) is 0 Å². The van der Waals surface area contributed by atoms with Crippen LogP contribution in [0.25, 0.3) is 0 Å². The van der Waals surface area contributed by atoms with Gasteiger partial charge in [0, 0.05) is 0 Å². The molecular weight excluding hydrogens is 223 g/mol. The van der Waals surface area contributed by atoms with Crippen molar-refractivity contribution in [3.63, 3.8) is 0 Å². The van der Waals surface area contributed by atoms with Crippen molar-refractivity contribution in [1.29, 1.82) is 0 Å². The van der Waals surface area contributed by atoms with E-state index in [2.05, 4.69) is 0 Å². The van der Waals surface area contributed by atoms with Crippen LogP contribution >= 0.6 is 0 Å². The molecule has 0 aromatic rings. The van der Waals surface area contributed by atoms with Crippen LogP contribution in [0.5, 0.6) is 0 Å². The van der Waals surface area contributed by atoms with E-state index in [9.17, 15) is 14.4 Å². The van der Waals surface area contributed by atoms with Gasteiger partial charge in [-0.15, -0.1) is 0 Å². The number of carboxylic acids is 3. The molecule has 0 rings (SSSR count). The monoisotopic (exact) mass is 232 g/mol. The molecule has 0 heterocycles. The molecular formula is C6H9NaO8. The van der Waals surface area contributed by atoms with Gasteiger partial charge in [0.05, 0.1) is 12.8 Å². The standard InChI is InChI=1S/C6H8O7.Na.H2O/c7-3(8)1-6(13,5(11)12)2-4(9)10;;/h13H,1-2H2,(H,7,8)(H,9,10)(H,11,12);;1H2/q;+1;/p-1. The van der Waals surface area contributed by atoms with Gasteiger partial charge in [-0.3, -0.25) is 9.59 Å². The Morgan fingerprint density at radius 3 is 1.33 bits per heavy atom. The zero-order valence-electron chi connectivity index (χ0n) is 7.88. The summed E-state index contributed by atoms with van der Waals surface area (Å²) < 4.78 is 0. The van der Waals surface area contributed by atoms with E-state index < -0.39 is 36.4 Å². The molecule has 0 amide bonds. The number of aliphatic carboxylic acids is 3. The second kappa shape index (κ2) is 7.60. The first-order valence-corrected chi connectivity index (χ1v) is 3.17. The number of rotatable bonds is 5. The Bertz CT molecular complexity index is 234.